The predicted molar refractivity (Wildman–Crippen MR) is 113 cm³/mol. The summed E-state index contributed by atoms with van der Waals surface area (Å²) in [6.45, 7) is 0. The molecule has 148 valence electrons. The number of hydrogen-bond donors (Lipinski definition) is 1. The van der Waals surface area contributed by atoms with Crippen molar-refractivity contribution < 1.29 is 4.74 Å². The van der Waals surface area contributed by atoms with E-state index in [-0.39, 0.29) is 11.4 Å². The summed E-state index contributed by atoms with van der Waals surface area (Å²) in [7, 11) is 2.83. The number of pyridine rings is 1. The number of hydrogen-bond acceptors (Lipinski definition) is 6. The zero-order valence-corrected chi connectivity index (χ0v) is 16.3. The normalized spacial score (nSPS) is 10.6. The Bertz CT molecular complexity index is 1420. The minimum Gasteiger partial charge on any atom is -0.457 e. The molecule has 2 aromatic heterocycles. The molecule has 0 aliphatic heterocycles. The van der Waals surface area contributed by atoms with Crippen LogP contribution in [0.25, 0.3) is 10.9 Å². The number of aromatic nitrogens is 3. The number of rotatable bonds is 4. The standard InChI is InChI=1S/C22H17N5O3/c1-26-20(17(13-23)21(28)27(2)22(26)29)25-14-6-5-7-15(12-14)30-19-10-11-24-18-9-4-3-8-16(18)19/h3-12,25H,1-2H3. The van der Waals surface area contributed by atoms with Gasteiger partial charge in [0.1, 0.15) is 23.4 Å². The van der Waals surface area contributed by atoms with Gasteiger partial charge in [0.05, 0.1) is 5.52 Å². The quantitative estimate of drug-likeness (QED) is 0.566. The van der Waals surface area contributed by atoms with Crippen LogP contribution in [-0.4, -0.2) is 14.1 Å². The summed E-state index contributed by atoms with van der Waals surface area (Å²) in [5.41, 5.74) is 0.0469. The summed E-state index contributed by atoms with van der Waals surface area (Å²) in [5, 5.41) is 13.3. The Morgan fingerprint density at radius 1 is 1.03 bits per heavy atom. The summed E-state index contributed by atoms with van der Waals surface area (Å²) in [5.74, 6) is 1.32. The third kappa shape index (κ3) is 3.29. The van der Waals surface area contributed by atoms with E-state index in [2.05, 4.69) is 10.3 Å². The molecule has 2 aromatic carbocycles. The maximum absolute atomic E-state index is 12.3. The first-order valence-electron chi connectivity index (χ1n) is 9.08. The Morgan fingerprint density at radius 2 is 1.83 bits per heavy atom. The van der Waals surface area contributed by atoms with Gasteiger partial charge >= 0.3 is 5.69 Å². The molecule has 8 nitrogen and oxygen atoms in total. The first kappa shape index (κ1) is 19.0. The van der Waals surface area contributed by atoms with Crippen LogP contribution in [0.15, 0.2) is 70.4 Å². The number of anilines is 2. The van der Waals surface area contributed by atoms with Crippen LogP contribution >= 0.6 is 0 Å². The lowest BCUT2D eigenvalue weighted by molar-refractivity contribution is 0.488. The fraction of sp³-hybridized carbons (Fsp3) is 0.0909. The molecule has 0 saturated heterocycles. The SMILES string of the molecule is Cn1c(Nc2cccc(Oc3ccnc4ccccc34)c2)c(C#N)c(=O)n(C)c1=O. The van der Waals surface area contributed by atoms with E-state index < -0.39 is 11.2 Å². The fourth-order valence-electron chi connectivity index (χ4n) is 3.15. The van der Waals surface area contributed by atoms with Gasteiger partial charge in [0.2, 0.25) is 0 Å². The fourth-order valence-corrected chi connectivity index (χ4v) is 3.15. The molecule has 0 aliphatic carbocycles. The first-order chi connectivity index (χ1) is 14.5. The second kappa shape index (κ2) is 7.56. The van der Waals surface area contributed by atoms with Crippen LogP contribution in [-0.2, 0) is 14.1 Å². The summed E-state index contributed by atoms with van der Waals surface area (Å²) in [4.78, 5) is 28.8. The van der Waals surface area contributed by atoms with E-state index in [4.69, 9.17) is 4.74 Å². The number of nitrogens with one attached hydrogen (secondary N) is 1. The molecule has 0 saturated carbocycles. The van der Waals surface area contributed by atoms with Gasteiger partial charge in [0, 0.05) is 37.4 Å². The van der Waals surface area contributed by atoms with Crippen molar-refractivity contribution >= 4 is 22.4 Å². The van der Waals surface area contributed by atoms with Gasteiger partial charge in [0.15, 0.2) is 5.56 Å². The van der Waals surface area contributed by atoms with Crippen LogP contribution in [0, 0.1) is 11.3 Å². The highest BCUT2D eigenvalue weighted by molar-refractivity contribution is 5.85. The summed E-state index contributed by atoms with van der Waals surface area (Å²) in [6, 6.07) is 18.3. The molecule has 0 fully saturated rings. The highest BCUT2D eigenvalue weighted by atomic mass is 16.5. The van der Waals surface area contributed by atoms with Crippen molar-refractivity contribution in [3.8, 4) is 17.6 Å². The number of ether oxygens (including phenoxy) is 1. The molecule has 0 bridgehead atoms. The van der Waals surface area contributed by atoms with Gasteiger partial charge in [-0.25, -0.2) is 4.79 Å². The maximum atomic E-state index is 12.3. The largest absolute Gasteiger partial charge is 0.457 e. The smallest absolute Gasteiger partial charge is 0.332 e. The first-order valence-corrected chi connectivity index (χ1v) is 9.08. The lowest BCUT2D eigenvalue weighted by Crippen LogP contribution is -2.39. The van der Waals surface area contributed by atoms with Crippen LogP contribution < -0.4 is 21.3 Å². The second-order valence-corrected chi connectivity index (χ2v) is 6.62. The molecular formula is C22H17N5O3. The Morgan fingerprint density at radius 3 is 2.63 bits per heavy atom. The Labute approximate surface area is 171 Å². The molecule has 0 atom stereocenters. The summed E-state index contributed by atoms with van der Waals surface area (Å²) < 4.78 is 8.17. The topological polar surface area (TPSA) is 102 Å². The molecule has 4 rings (SSSR count). The number of para-hydroxylation sites is 1. The van der Waals surface area contributed by atoms with Crippen LogP contribution in [0.2, 0.25) is 0 Å². The number of nitriles is 1. The Hall–Kier alpha value is -4.38. The number of fused-ring (bicyclic) bond motifs is 1. The minimum atomic E-state index is -0.654. The predicted octanol–water partition coefficient (Wildman–Crippen LogP) is 3.04. The van der Waals surface area contributed by atoms with Gasteiger partial charge in [-0.1, -0.05) is 18.2 Å². The molecular weight excluding hydrogens is 382 g/mol. The molecule has 0 radical (unpaired) electrons. The lowest BCUT2D eigenvalue weighted by Gasteiger charge is -2.15. The van der Waals surface area contributed by atoms with Crippen molar-refractivity contribution in [3.63, 3.8) is 0 Å². The van der Waals surface area contributed by atoms with E-state index in [1.807, 2.05) is 30.3 Å². The molecule has 30 heavy (non-hydrogen) atoms. The van der Waals surface area contributed by atoms with E-state index in [9.17, 15) is 14.9 Å². The van der Waals surface area contributed by atoms with E-state index in [0.717, 1.165) is 15.5 Å². The molecule has 0 amide bonds. The molecule has 0 unspecified atom stereocenters. The molecule has 2 heterocycles. The summed E-state index contributed by atoms with van der Waals surface area (Å²) >= 11 is 0. The van der Waals surface area contributed by atoms with Crippen molar-refractivity contribution in [2.45, 2.75) is 0 Å². The van der Waals surface area contributed by atoms with Crippen molar-refractivity contribution in [2.24, 2.45) is 14.1 Å². The molecule has 8 heteroatoms. The maximum Gasteiger partial charge on any atom is 0.332 e. The number of nitrogens with zero attached hydrogens (tertiary/aromatic N) is 4. The molecule has 1 N–H and O–H groups in total. The second-order valence-electron chi connectivity index (χ2n) is 6.62. The third-order valence-corrected chi connectivity index (χ3v) is 4.71. The number of benzene rings is 2. The van der Waals surface area contributed by atoms with Crippen LogP contribution in [0.3, 0.4) is 0 Å². The molecule has 0 spiro atoms. The van der Waals surface area contributed by atoms with Crippen LogP contribution in [0.4, 0.5) is 11.5 Å². The monoisotopic (exact) mass is 399 g/mol. The van der Waals surface area contributed by atoms with Gasteiger partial charge in [0.25, 0.3) is 5.56 Å². The molecule has 0 aliphatic rings. The lowest BCUT2D eigenvalue weighted by atomic mass is 10.2. The van der Waals surface area contributed by atoms with Gasteiger partial charge in [-0.2, -0.15) is 5.26 Å². The average Bonchev–Trinajstić information content (AvgIpc) is 2.77. The van der Waals surface area contributed by atoms with Gasteiger partial charge < -0.3 is 10.1 Å². The van der Waals surface area contributed by atoms with Crippen LogP contribution in [0.5, 0.6) is 11.5 Å². The summed E-state index contributed by atoms with van der Waals surface area (Å²) in [6.07, 6.45) is 1.68. The van der Waals surface area contributed by atoms with E-state index in [1.165, 1.54) is 18.7 Å². The molecule has 4 aromatic rings. The van der Waals surface area contributed by atoms with Crippen LogP contribution in [0.1, 0.15) is 5.56 Å². The minimum absolute atomic E-state index is 0.122. The van der Waals surface area contributed by atoms with E-state index >= 15 is 0 Å². The van der Waals surface area contributed by atoms with Crippen molar-refractivity contribution in [2.75, 3.05) is 5.32 Å². The van der Waals surface area contributed by atoms with Crippen molar-refractivity contribution in [1.82, 2.24) is 14.1 Å². The highest BCUT2D eigenvalue weighted by Gasteiger charge is 2.16. The van der Waals surface area contributed by atoms with Gasteiger partial charge in [-0.3, -0.25) is 18.9 Å². The highest BCUT2D eigenvalue weighted by Crippen LogP contribution is 2.30. The van der Waals surface area contributed by atoms with Crippen molar-refractivity contribution in [3.05, 3.63) is 87.2 Å². The van der Waals surface area contributed by atoms with Gasteiger partial charge in [-0.05, 0) is 30.3 Å². The van der Waals surface area contributed by atoms with Gasteiger partial charge in [-0.15, -0.1) is 0 Å². The Balaban J connectivity index is 1.71. The van der Waals surface area contributed by atoms with Crippen molar-refractivity contribution in [1.29, 1.82) is 5.26 Å². The average molecular weight is 399 g/mol. The zero-order valence-electron chi connectivity index (χ0n) is 16.3. The van der Waals surface area contributed by atoms with E-state index in [0.29, 0.717) is 17.2 Å². The Kier molecular flexibility index (Phi) is 4.78. The zero-order chi connectivity index (χ0) is 21.3. The third-order valence-electron chi connectivity index (χ3n) is 4.71. The van der Waals surface area contributed by atoms with E-state index in [1.54, 1.807) is 36.5 Å².